The van der Waals surface area contributed by atoms with Crippen LogP contribution in [-0.4, -0.2) is 27.5 Å². The number of unbranched alkanes of at least 4 members (excludes halogenated alkanes) is 1. The van der Waals surface area contributed by atoms with E-state index in [1.807, 2.05) is 25.1 Å². The van der Waals surface area contributed by atoms with Crippen LogP contribution in [0.3, 0.4) is 0 Å². The number of rotatable bonds is 7. The van der Waals surface area contributed by atoms with Gasteiger partial charge in [0.05, 0.1) is 0 Å². The van der Waals surface area contributed by atoms with Crippen molar-refractivity contribution in [2.45, 2.75) is 37.9 Å². The molecule has 0 heterocycles. The van der Waals surface area contributed by atoms with Crippen molar-refractivity contribution < 1.29 is 9.53 Å². The van der Waals surface area contributed by atoms with E-state index in [2.05, 4.69) is 19.1 Å². The van der Waals surface area contributed by atoms with Gasteiger partial charge >= 0.3 is 110 Å². The Balaban J connectivity index is 2.59. The molecule has 1 atom stereocenters. The minimum atomic E-state index is -0.0233. The molecule has 0 aliphatic carbocycles. The van der Waals surface area contributed by atoms with E-state index in [9.17, 15) is 4.79 Å². The quantitative estimate of drug-likeness (QED) is 0.571. The van der Waals surface area contributed by atoms with Gasteiger partial charge in [-0.15, -0.1) is 0 Å². The molecule has 0 aromatic heterocycles. The number of carbonyl (C=O) groups excluding carboxylic acids is 1. The molecule has 0 bridgehead atoms. The Morgan fingerprint density at radius 2 is 2.00 bits per heavy atom. The van der Waals surface area contributed by atoms with Crippen LogP contribution in [0.1, 0.15) is 33.1 Å². The Morgan fingerprint density at radius 3 is 2.59 bits per heavy atom. The molecule has 0 spiro atoms. The Labute approximate surface area is 110 Å². The molecule has 94 valence electrons. The second-order valence-corrected chi connectivity index (χ2v) is 6.49. The zero-order valence-electron chi connectivity index (χ0n) is 10.5. The van der Waals surface area contributed by atoms with Gasteiger partial charge in [0.1, 0.15) is 0 Å². The van der Waals surface area contributed by atoms with E-state index in [-0.39, 0.29) is 25.7 Å². The molecule has 0 fully saturated rings. The van der Waals surface area contributed by atoms with Gasteiger partial charge in [-0.2, -0.15) is 0 Å². The Bertz CT molecular complexity index is 324. The van der Waals surface area contributed by atoms with E-state index in [4.69, 9.17) is 4.74 Å². The first kappa shape index (κ1) is 14.3. The van der Waals surface area contributed by atoms with Crippen LogP contribution in [0.5, 0.6) is 0 Å². The third kappa shape index (κ3) is 5.38. The minimum absolute atomic E-state index is 0.0233. The van der Waals surface area contributed by atoms with E-state index in [1.165, 1.54) is 4.46 Å². The predicted octanol–water partition coefficient (Wildman–Crippen LogP) is 2.56. The van der Waals surface area contributed by atoms with Gasteiger partial charge in [0.2, 0.25) is 0 Å². The number of ether oxygens (including phenoxy) is 1. The summed E-state index contributed by atoms with van der Waals surface area (Å²) in [4.78, 5) is 11.9. The van der Waals surface area contributed by atoms with Gasteiger partial charge in [0.15, 0.2) is 0 Å². The van der Waals surface area contributed by atoms with Gasteiger partial charge in [0, 0.05) is 0 Å². The maximum absolute atomic E-state index is 11.8. The Morgan fingerprint density at radius 1 is 1.29 bits per heavy atom. The van der Waals surface area contributed by atoms with Crippen molar-refractivity contribution >= 4 is 25.4 Å². The van der Waals surface area contributed by atoms with Crippen molar-refractivity contribution in [3.63, 3.8) is 0 Å². The molecule has 3 heteroatoms. The molecule has 0 radical (unpaired) electrons. The predicted molar refractivity (Wildman–Crippen MR) is 71.7 cm³/mol. The van der Waals surface area contributed by atoms with Crippen molar-refractivity contribution in [1.29, 1.82) is 0 Å². The molecular formula is C14H20O2Se. The fourth-order valence-corrected chi connectivity index (χ4v) is 3.80. The number of carbonyl (C=O) groups is 1. The molecule has 1 rings (SSSR count). The van der Waals surface area contributed by atoms with E-state index in [0.29, 0.717) is 6.61 Å². The molecule has 0 saturated heterocycles. The van der Waals surface area contributed by atoms with E-state index in [0.717, 1.165) is 19.3 Å². The first-order valence-electron chi connectivity index (χ1n) is 6.16. The molecule has 17 heavy (non-hydrogen) atoms. The summed E-state index contributed by atoms with van der Waals surface area (Å²) in [5.74, 6) is -0.0233. The van der Waals surface area contributed by atoms with Crippen LogP contribution >= 0.6 is 0 Å². The van der Waals surface area contributed by atoms with Gasteiger partial charge in [0.25, 0.3) is 0 Å². The second kappa shape index (κ2) is 8.32. The summed E-state index contributed by atoms with van der Waals surface area (Å²) in [7, 11) is 0. The summed E-state index contributed by atoms with van der Waals surface area (Å²) in [6.45, 7) is 4.49. The number of benzene rings is 1. The number of hydrogen-bond donors (Lipinski definition) is 0. The SMILES string of the molecule is CCCCC([Se]c1ccccc1)C(=O)OCC. The van der Waals surface area contributed by atoms with Crippen LogP contribution in [0.4, 0.5) is 0 Å². The van der Waals surface area contributed by atoms with Crippen molar-refractivity contribution in [3.8, 4) is 0 Å². The molecule has 2 nitrogen and oxygen atoms in total. The van der Waals surface area contributed by atoms with Crippen LogP contribution in [0.25, 0.3) is 0 Å². The van der Waals surface area contributed by atoms with E-state index >= 15 is 0 Å². The molecule has 0 aliphatic rings. The third-order valence-corrected chi connectivity index (χ3v) is 5.03. The van der Waals surface area contributed by atoms with Crippen LogP contribution in [0.15, 0.2) is 30.3 Å². The summed E-state index contributed by atoms with van der Waals surface area (Å²) < 4.78 is 6.42. The average Bonchev–Trinajstić information content (AvgIpc) is 2.36. The van der Waals surface area contributed by atoms with Crippen LogP contribution in [-0.2, 0) is 9.53 Å². The Hall–Kier alpha value is -0.791. The zero-order valence-corrected chi connectivity index (χ0v) is 12.2. The number of esters is 1. The average molecular weight is 299 g/mol. The Kier molecular flexibility index (Phi) is 6.99. The third-order valence-electron chi connectivity index (χ3n) is 2.39. The van der Waals surface area contributed by atoms with E-state index < -0.39 is 0 Å². The van der Waals surface area contributed by atoms with Gasteiger partial charge < -0.3 is 0 Å². The van der Waals surface area contributed by atoms with Crippen molar-refractivity contribution in [2.24, 2.45) is 0 Å². The molecular weight excluding hydrogens is 279 g/mol. The summed E-state index contributed by atoms with van der Waals surface area (Å²) in [6, 6.07) is 10.2. The van der Waals surface area contributed by atoms with E-state index in [1.54, 1.807) is 0 Å². The monoisotopic (exact) mass is 300 g/mol. The van der Waals surface area contributed by atoms with Gasteiger partial charge in [-0.1, -0.05) is 0 Å². The van der Waals surface area contributed by atoms with Crippen molar-refractivity contribution in [3.05, 3.63) is 30.3 Å². The molecule has 0 amide bonds. The van der Waals surface area contributed by atoms with Crippen LogP contribution < -0.4 is 4.46 Å². The fourth-order valence-electron chi connectivity index (χ4n) is 1.51. The summed E-state index contributed by atoms with van der Waals surface area (Å²) in [5, 5.41) is 0. The summed E-state index contributed by atoms with van der Waals surface area (Å²) in [6.07, 6.45) is 3.17. The standard InChI is InChI=1S/C14H20O2Se/c1-3-5-11-13(14(15)16-4-2)17-12-9-7-6-8-10-12/h6-10,13H,3-5,11H2,1-2H3. The van der Waals surface area contributed by atoms with Crippen LogP contribution in [0.2, 0.25) is 4.82 Å². The summed E-state index contributed by atoms with van der Waals surface area (Å²) in [5.41, 5.74) is 0. The molecule has 1 aromatic rings. The molecule has 0 N–H and O–H groups in total. The fraction of sp³-hybridized carbons (Fsp3) is 0.500. The zero-order chi connectivity index (χ0) is 12.5. The van der Waals surface area contributed by atoms with Crippen molar-refractivity contribution in [1.82, 2.24) is 0 Å². The normalized spacial score (nSPS) is 12.1. The topological polar surface area (TPSA) is 26.3 Å². The number of hydrogen-bond acceptors (Lipinski definition) is 2. The molecule has 1 aromatic carbocycles. The second-order valence-electron chi connectivity index (χ2n) is 3.81. The maximum atomic E-state index is 11.8. The molecule has 0 saturated carbocycles. The van der Waals surface area contributed by atoms with Gasteiger partial charge in [-0.3, -0.25) is 0 Å². The first-order valence-corrected chi connectivity index (χ1v) is 8.00. The molecule has 1 unspecified atom stereocenters. The van der Waals surface area contributed by atoms with Gasteiger partial charge in [-0.25, -0.2) is 0 Å². The van der Waals surface area contributed by atoms with Crippen LogP contribution in [0, 0.1) is 0 Å². The first-order chi connectivity index (χ1) is 8.27. The summed E-state index contributed by atoms with van der Waals surface area (Å²) >= 11 is 0.183. The van der Waals surface area contributed by atoms with Crippen molar-refractivity contribution in [2.75, 3.05) is 6.61 Å². The molecule has 0 aliphatic heterocycles. The van der Waals surface area contributed by atoms with Gasteiger partial charge in [-0.05, 0) is 0 Å².